The molecule has 2 heterocycles. The maximum Gasteiger partial charge on any atom is 0.317 e. The summed E-state index contributed by atoms with van der Waals surface area (Å²) in [6.45, 7) is 0. The summed E-state index contributed by atoms with van der Waals surface area (Å²) in [5.41, 5.74) is 0.769. The zero-order valence-electron chi connectivity index (χ0n) is 4.00. The molecule has 0 radical (unpaired) electrons. The second kappa shape index (κ2) is 1.12. The van der Waals surface area contributed by atoms with E-state index in [-0.39, 0.29) is 0 Å². The Kier molecular flexibility index (Phi) is 0.521. The first-order valence-corrected chi connectivity index (χ1v) is 2.23. The first-order valence-electron chi connectivity index (χ1n) is 2.23. The van der Waals surface area contributed by atoms with Crippen LogP contribution >= 0.6 is 0 Å². The Balaban J connectivity index is 3.06. The zero-order valence-corrected chi connectivity index (χ0v) is 4.00. The van der Waals surface area contributed by atoms with Gasteiger partial charge in [0.15, 0.2) is 11.9 Å². The number of fused-ring (bicyclic) bond motifs is 1. The first-order chi connectivity index (χ1) is 3.97. The van der Waals surface area contributed by atoms with Gasteiger partial charge in [0.25, 0.3) is 0 Å². The van der Waals surface area contributed by atoms with Crippen molar-refractivity contribution in [3.63, 3.8) is 0 Å². The van der Waals surface area contributed by atoms with Crippen molar-refractivity contribution in [3.8, 4) is 0 Å². The van der Waals surface area contributed by atoms with Crippen molar-refractivity contribution in [2.45, 2.75) is 0 Å². The molecule has 0 aliphatic rings. The van der Waals surface area contributed by atoms with Crippen LogP contribution < -0.4 is 0 Å². The molecule has 2 rings (SSSR count). The van der Waals surface area contributed by atoms with Crippen LogP contribution in [0.4, 0.5) is 0 Å². The van der Waals surface area contributed by atoms with Crippen LogP contribution in [0.5, 0.6) is 0 Å². The summed E-state index contributed by atoms with van der Waals surface area (Å²) in [5, 5.41) is 0. The fourth-order valence-electron chi connectivity index (χ4n) is 0.604. The van der Waals surface area contributed by atoms with E-state index in [0.717, 1.165) is 5.52 Å². The Bertz CT molecular complexity index is 232. The van der Waals surface area contributed by atoms with Gasteiger partial charge >= 0.3 is 5.78 Å². The van der Waals surface area contributed by atoms with Crippen molar-refractivity contribution in [3.05, 3.63) is 18.7 Å². The third kappa shape index (κ3) is 0.307. The Morgan fingerprint density at radius 2 is 2.38 bits per heavy atom. The van der Waals surface area contributed by atoms with E-state index in [1.807, 2.05) is 0 Å². The lowest BCUT2D eigenvalue weighted by atomic mass is 10.6. The minimum absolute atomic E-state index is 0.491. The largest absolute Gasteiger partial charge is 0.432 e. The highest BCUT2D eigenvalue weighted by atomic mass is 16.5. The van der Waals surface area contributed by atoms with E-state index in [1.54, 1.807) is 12.3 Å². The van der Waals surface area contributed by atoms with Crippen molar-refractivity contribution < 1.29 is 8.83 Å². The van der Waals surface area contributed by atoms with E-state index in [9.17, 15) is 0 Å². The molecule has 0 bridgehead atoms. The molecule has 0 aliphatic carbocycles. The van der Waals surface area contributed by atoms with Crippen molar-refractivity contribution in [1.82, 2.24) is 4.98 Å². The summed E-state index contributed by atoms with van der Waals surface area (Å²) < 4.78 is 9.61. The lowest BCUT2D eigenvalue weighted by Crippen LogP contribution is -1.49. The predicted molar refractivity (Wildman–Crippen MR) is 26.3 cm³/mol. The minimum atomic E-state index is 0.491. The fraction of sp³-hybridized carbons (Fsp3) is 0. The molecule has 0 amide bonds. The second-order valence-corrected chi connectivity index (χ2v) is 1.45. The van der Waals surface area contributed by atoms with Crippen molar-refractivity contribution >= 4 is 11.3 Å². The standard InChI is InChI=1S/C5H3NO2/c1-2-7-5-4(1)6-3-8-5/h1-3H. The monoisotopic (exact) mass is 109 g/mol. The van der Waals surface area contributed by atoms with Gasteiger partial charge < -0.3 is 8.83 Å². The van der Waals surface area contributed by atoms with Crippen LogP contribution in [-0.4, -0.2) is 4.98 Å². The Hall–Kier alpha value is -1.25. The van der Waals surface area contributed by atoms with Gasteiger partial charge in [-0.2, -0.15) is 0 Å². The molecular weight excluding hydrogens is 106 g/mol. The predicted octanol–water partition coefficient (Wildman–Crippen LogP) is 1.42. The third-order valence-electron chi connectivity index (χ3n) is 0.962. The molecule has 0 aromatic carbocycles. The summed E-state index contributed by atoms with van der Waals surface area (Å²) in [4.78, 5) is 3.82. The number of rotatable bonds is 0. The van der Waals surface area contributed by atoms with E-state index in [1.165, 1.54) is 6.39 Å². The van der Waals surface area contributed by atoms with Gasteiger partial charge in [-0.05, 0) is 0 Å². The molecule has 2 aromatic rings. The maximum atomic E-state index is 4.83. The minimum Gasteiger partial charge on any atom is -0.432 e. The van der Waals surface area contributed by atoms with Gasteiger partial charge in [-0.15, -0.1) is 0 Å². The van der Waals surface area contributed by atoms with Crippen LogP contribution in [0.15, 0.2) is 27.6 Å². The Labute approximate surface area is 44.9 Å². The molecular formula is C5H3NO2. The lowest BCUT2D eigenvalue weighted by molar-refractivity contribution is 0.473. The van der Waals surface area contributed by atoms with Crippen molar-refractivity contribution in [2.75, 3.05) is 0 Å². The number of nitrogens with zero attached hydrogens (tertiary/aromatic N) is 1. The number of hydrogen-bond acceptors (Lipinski definition) is 3. The van der Waals surface area contributed by atoms with Crippen molar-refractivity contribution in [1.29, 1.82) is 0 Å². The number of hydrogen-bond donors (Lipinski definition) is 0. The molecule has 0 saturated heterocycles. The van der Waals surface area contributed by atoms with E-state index in [2.05, 4.69) is 4.98 Å². The number of furan rings is 1. The summed E-state index contributed by atoms with van der Waals surface area (Å²) in [7, 11) is 0. The summed E-state index contributed by atoms with van der Waals surface area (Å²) in [6, 6.07) is 1.75. The van der Waals surface area contributed by atoms with Crippen LogP contribution in [0.25, 0.3) is 11.3 Å². The Morgan fingerprint density at radius 1 is 1.38 bits per heavy atom. The quantitative estimate of drug-likeness (QED) is 0.513. The normalized spacial score (nSPS) is 10.5. The molecule has 3 nitrogen and oxygen atoms in total. The van der Waals surface area contributed by atoms with Crippen molar-refractivity contribution in [2.24, 2.45) is 0 Å². The maximum absolute atomic E-state index is 4.83. The molecule has 0 saturated carbocycles. The molecule has 2 aromatic heterocycles. The van der Waals surface area contributed by atoms with Gasteiger partial charge in [-0.3, -0.25) is 0 Å². The molecule has 0 aliphatic heterocycles. The molecule has 8 heavy (non-hydrogen) atoms. The smallest absolute Gasteiger partial charge is 0.317 e. The summed E-state index contributed by atoms with van der Waals surface area (Å²) in [6.07, 6.45) is 2.90. The first kappa shape index (κ1) is 3.72. The van der Waals surface area contributed by atoms with Gasteiger partial charge in [0.05, 0.1) is 6.26 Å². The molecule has 0 atom stereocenters. The van der Waals surface area contributed by atoms with Crippen LogP contribution in [0, 0.1) is 0 Å². The molecule has 3 heteroatoms. The number of oxazole rings is 1. The molecule has 0 N–H and O–H groups in total. The van der Waals surface area contributed by atoms with E-state index in [4.69, 9.17) is 8.83 Å². The number of aromatic nitrogens is 1. The van der Waals surface area contributed by atoms with Crippen LogP contribution in [0.2, 0.25) is 0 Å². The molecule has 0 fully saturated rings. The SMILES string of the molecule is c1cc2ncoc2o1. The van der Waals surface area contributed by atoms with Crippen LogP contribution in [0.3, 0.4) is 0 Å². The van der Waals surface area contributed by atoms with E-state index < -0.39 is 0 Å². The average Bonchev–Trinajstić information content (AvgIpc) is 2.15. The van der Waals surface area contributed by atoms with Gasteiger partial charge in [0, 0.05) is 6.07 Å². The highest BCUT2D eigenvalue weighted by molar-refractivity contribution is 5.64. The summed E-state index contributed by atoms with van der Waals surface area (Å²) >= 11 is 0. The Morgan fingerprint density at radius 3 is 3.25 bits per heavy atom. The summed E-state index contributed by atoms with van der Waals surface area (Å²) in [5.74, 6) is 0.491. The van der Waals surface area contributed by atoms with Gasteiger partial charge in [0.1, 0.15) is 0 Å². The van der Waals surface area contributed by atoms with Gasteiger partial charge in [0.2, 0.25) is 0 Å². The van der Waals surface area contributed by atoms with Gasteiger partial charge in [-0.25, -0.2) is 4.98 Å². The molecule has 40 valence electrons. The van der Waals surface area contributed by atoms with Crippen LogP contribution in [-0.2, 0) is 0 Å². The lowest BCUT2D eigenvalue weighted by Gasteiger charge is -1.64. The fourth-order valence-corrected chi connectivity index (χ4v) is 0.604. The van der Waals surface area contributed by atoms with E-state index in [0.29, 0.717) is 5.78 Å². The average molecular weight is 109 g/mol. The third-order valence-corrected chi connectivity index (χ3v) is 0.962. The highest BCUT2D eigenvalue weighted by Gasteiger charge is 1.96. The second-order valence-electron chi connectivity index (χ2n) is 1.45. The molecule has 0 spiro atoms. The zero-order chi connectivity index (χ0) is 5.40. The van der Waals surface area contributed by atoms with Gasteiger partial charge in [-0.1, -0.05) is 0 Å². The topological polar surface area (TPSA) is 39.2 Å². The molecule has 0 unspecified atom stereocenters. The highest BCUT2D eigenvalue weighted by Crippen LogP contribution is 2.10. The van der Waals surface area contributed by atoms with Crippen LogP contribution in [0.1, 0.15) is 0 Å². The van der Waals surface area contributed by atoms with E-state index >= 15 is 0 Å².